The molecule has 1 atom stereocenters. The van der Waals surface area contributed by atoms with Crippen LogP contribution in [0.3, 0.4) is 0 Å². The SMILES string of the molecule is Cc1ccc(Cc2nc3c(o2)CCC(C(=O)O)C3)cc1. The first kappa shape index (κ1) is 12.9. The number of aromatic nitrogens is 1. The molecule has 0 saturated heterocycles. The first-order valence-electron chi connectivity index (χ1n) is 6.87. The van der Waals surface area contributed by atoms with E-state index in [0.717, 1.165) is 17.0 Å². The number of nitrogens with zero attached hydrogens (tertiary/aromatic N) is 1. The quantitative estimate of drug-likeness (QED) is 0.932. The molecule has 2 aromatic rings. The van der Waals surface area contributed by atoms with Gasteiger partial charge in [0.25, 0.3) is 0 Å². The summed E-state index contributed by atoms with van der Waals surface area (Å²) < 4.78 is 5.76. The molecule has 1 unspecified atom stereocenters. The van der Waals surface area contributed by atoms with Gasteiger partial charge in [-0.3, -0.25) is 4.79 Å². The highest BCUT2D eigenvalue weighted by atomic mass is 16.4. The Morgan fingerprint density at radius 2 is 2.15 bits per heavy atom. The van der Waals surface area contributed by atoms with Crippen molar-refractivity contribution in [2.45, 2.75) is 32.6 Å². The van der Waals surface area contributed by atoms with Gasteiger partial charge in [0.15, 0.2) is 5.89 Å². The lowest BCUT2D eigenvalue weighted by Crippen LogP contribution is -2.21. The second-order valence-electron chi connectivity index (χ2n) is 5.42. The molecule has 1 aliphatic carbocycles. The highest BCUT2D eigenvalue weighted by Gasteiger charge is 2.28. The molecule has 0 amide bonds. The minimum Gasteiger partial charge on any atom is -0.481 e. The number of hydrogen-bond acceptors (Lipinski definition) is 3. The van der Waals surface area contributed by atoms with Crippen molar-refractivity contribution in [3.8, 4) is 0 Å². The van der Waals surface area contributed by atoms with Crippen LogP contribution in [0.4, 0.5) is 0 Å². The maximum Gasteiger partial charge on any atom is 0.306 e. The highest BCUT2D eigenvalue weighted by Crippen LogP contribution is 2.27. The van der Waals surface area contributed by atoms with Gasteiger partial charge in [-0.2, -0.15) is 0 Å². The molecule has 0 aliphatic heterocycles. The summed E-state index contributed by atoms with van der Waals surface area (Å²) in [6, 6.07) is 8.27. The highest BCUT2D eigenvalue weighted by molar-refractivity contribution is 5.70. The minimum atomic E-state index is -0.737. The standard InChI is InChI=1S/C16H17NO3/c1-10-2-4-11(5-3-10)8-15-17-13-9-12(16(18)19)6-7-14(13)20-15/h2-5,12H,6-9H2,1H3,(H,18,19). The lowest BCUT2D eigenvalue weighted by Gasteiger charge is -2.15. The number of hydrogen-bond donors (Lipinski definition) is 1. The molecule has 1 aromatic heterocycles. The van der Waals surface area contributed by atoms with Crippen LogP contribution >= 0.6 is 0 Å². The molecule has 3 rings (SSSR count). The van der Waals surface area contributed by atoms with Crippen molar-refractivity contribution < 1.29 is 14.3 Å². The van der Waals surface area contributed by atoms with Crippen LogP contribution < -0.4 is 0 Å². The Morgan fingerprint density at radius 3 is 2.85 bits per heavy atom. The van der Waals surface area contributed by atoms with Gasteiger partial charge >= 0.3 is 5.97 Å². The van der Waals surface area contributed by atoms with Gasteiger partial charge < -0.3 is 9.52 Å². The number of carboxylic acid groups (broad SMARTS) is 1. The average Bonchev–Trinajstić information content (AvgIpc) is 2.82. The Kier molecular flexibility index (Phi) is 3.30. The van der Waals surface area contributed by atoms with Crippen LogP contribution in [-0.2, 0) is 24.1 Å². The van der Waals surface area contributed by atoms with E-state index >= 15 is 0 Å². The molecule has 4 heteroatoms. The van der Waals surface area contributed by atoms with Gasteiger partial charge in [0, 0.05) is 19.3 Å². The summed E-state index contributed by atoms with van der Waals surface area (Å²) in [5, 5.41) is 9.07. The predicted octanol–water partition coefficient (Wildman–Crippen LogP) is 2.76. The molecule has 0 bridgehead atoms. The van der Waals surface area contributed by atoms with E-state index in [1.54, 1.807) is 0 Å². The molecule has 1 heterocycles. The lowest BCUT2D eigenvalue weighted by atomic mass is 9.90. The summed E-state index contributed by atoms with van der Waals surface area (Å²) in [6.07, 6.45) is 2.46. The molecule has 0 radical (unpaired) electrons. The topological polar surface area (TPSA) is 63.3 Å². The first-order valence-corrected chi connectivity index (χ1v) is 6.87. The number of rotatable bonds is 3. The number of oxazole rings is 1. The van der Waals surface area contributed by atoms with E-state index in [1.165, 1.54) is 5.56 Å². The summed E-state index contributed by atoms with van der Waals surface area (Å²) >= 11 is 0. The van der Waals surface area contributed by atoms with Crippen molar-refractivity contribution in [3.63, 3.8) is 0 Å². The molecule has 1 aromatic carbocycles. The van der Waals surface area contributed by atoms with Crippen LogP contribution in [0.25, 0.3) is 0 Å². The van der Waals surface area contributed by atoms with Crippen LogP contribution in [-0.4, -0.2) is 16.1 Å². The smallest absolute Gasteiger partial charge is 0.306 e. The zero-order valence-corrected chi connectivity index (χ0v) is 11.4. The third-order valence-corrected chi connectivity index (χ3v) is 3.81. The molecule has 1 N–H and O–H groups in total. The summed E-state index contributed by atoms with van der Waals surface area (Å²) in [6.45, 7) is 2.06. The summed E-state index contributed by atoms with van der Waals surface area (Å²) in [5.41, 5.74) is 3.21. The molecule has 1 aliphatic rings. The fourth-order valence-electron chi connectivity index (χ4n) is 2.60. The Bertz CT molecular complexity index is 628. The van der Waals surface area contributed by atoms with Crippen molar-refractivity contribution in [1.29, 1.82) is 0 Å². The molecule has 0 spiro atoms. The predicted molar refractivity (Wildman–Crippen MR) is 73.6 cm³/mol. The molecule has 4 nitrogen and oxygen atoms in total. The zero-order chi connectivity index (χ0) is 14.1. The van der Waals surface area contributed by atoms with Crippen molar-refractivity contribution in [2.75, 3.05) is 0 Å². The van der Waals surface area contributed by atoms with Crippen LogP contribution in [0.15, 0.2) is 28.7 Å². The fourth-order valence-corrected chi connectivity index (χ4v) is 2.60. The van der Waals surface area contributed by atoms with Gasteiger partial charge in [-0.25, -0.2) is 4.98 Å². The molecule has 20 heavy (non-hydrogen) atoms. The van der Waals surface area contributed by atoms with Crippen LogP contribution in [0, 0.1) is 12.8 Å². The number of fused-ring (bicyclic) bond motifs is 1. The van der Waals surface area contributed by atoms with Gasteiger partial charge in [0.05, 0.1) is 11.6 Å². The van der Waals surface area contributed by atoms with E-state index in [0.29, 0.717) is 31.6 Å². The Labute approximate surface area is 117 Å². The molecular weight excluding hydrogens is 254 g/mol. The van der Waals surface area contributed by atoms with Gasteiger partial charge in [-0.1, -0.05) is 29.8 Å². The monoisotopic (exact) mass is 271 g/mol. The van der Waals surface area contributed by atoms with Crippen molar-refractivity contribution in [1.82, 2.24) is 4.98 Å². The third kappa shape index (κ3) is 2.59. The Balaban J connectivity index is 1.77. The van der Waals surface area contributed by atoms with Gasteiger partial charge in [-0.05, 0) is 18.9 Å². The number of carbonyl (C=O) groups is 1. The molecule has 0 saturated carbocycles. The number of aryl methyl sites for hydroxylation is 2. The second-order valence-corrected chi connectivity index (χ2v) is 5.42. The molecule has 0 fully saturated rings. The summed E-state index contributed by atoms with van der Waals surface area (Å²) in [7, 11) is 0. The Hall–Kier alpha value is -2.10. The van der Waals surface area contributed by atoms with Crippen molar-refractivity contribution in [2.24, 2.45) is 5.92 Å². The third-order valence-electron chi connectivity index (χ3n) is 3.81. The maximum absolute atomic E-state index is 11.0. The van der Waals surface area contributed by atoms with Crippen LogP contribution in [0.5, 0.6) is 0 Å². The van der Waals surface area contributed by atoms with E-state index in [9.17, 15) is 4.79 Å². The van der Waals surface area contributed by atoms with Gasteiger partial charge in [0.1, 0.15) is 5.76 Å². The van der Waals surface area contributed by atoms with Crippen molar-refractivity contribution in [3.05, 3.63) is 52.7 Å². The average molecular weight is 271 g/mol. The minimum absolute atomic E-state index is 0.320. The number of carboxylic acids is 1. The van der Waals surface area contributed by atoms with Crippen LogP contribution in [0.1, 0.15) is 34.9 Å². The second kappa shape index (κ2) is 5.12. The van der Waals surface area contributed by atoms with E-state index in [1.807, 2.05) is 0 Å². The normalized spacial score (nSPS) is 17.8. The molecule has 104 valence electrons. The van der Waals surface area contributed by atoms with E-state index in [4.69, 9.17) is 9.52 Å². The molecular formula is C16H17NO3. The van der Waals surface area contributed by atoms with E-state index in [-0.39, 0.29) is 5.92 Å². The van der Waals surface area contributed by atoms with Gasteiger partial charge in [0.2, 0.25) is 0 Å². The fraction of sp³-hybridized carbons (Fsp3) is 0.375. The van der Waals surface area contributed by atoms with E-state index in [2.05, 4.69) is 36.2 Å². The largest absolute Gasteiger partial charge is 0.481 e. The van der Waals surface area contributed by atoms with Crippen molar-refractivity contribution >= 4 is 5.97 Å². The van der Waals surface area contributed by atoms with Gasteiger partial charge in [-0.15, -0.1) is 0 Å². The zero-order valence-electron chi connectivity index (χ0n) is 11.4. The number of aliphatic carboxylic acids is 1. The number of benzene rings is 1. The van der Waals surface area contributed by atoms with E-state index < -0.39 is 5.97 Å². The van der Waals surface area contributed by atoms with Crippen LogP contribution in [0.2, 0.25) is 0 Å². The maximum atomic E-state index is 11.0. The lowest BCUT2D eigenvalue weighted by molar-refractivity contribution is -0.142. The summed E-state index contributed by atoms with van der Waals surface area (Å²) in [5.74, 6) is 0.494. The first-order chi connectivity index (χ1) is 9.61. The Morgan fingerprint density at radius 1 is 1.40 bits per heavy atom. The summed E-state index contributed by atoms with van der Waals surface area (Å²) in [4.78, 5) is 15.5.